The Bertz CT molecular complexity index is 447. The largest absolute Gasteiger partial charge is 0.344 e. The summed E-state index contributed by atoms with van der Waals surface area (Å²) in [7, 11) is 1.86. The van der Waals surface area contributed by atoms with Crippen molar-refractivity contribution >= 4 is 23.5 Å². The Morgan fingerprint density at radius 1 is 1.46 bits per heavy atom. The molecule has 0 fully saturated rings. The van der Waals surface area contributed by atoms with Crippen LogP contribution in [0.4, 0.5) is 4.39 Å². The summed E-state index contributed by atoms with van der Waals surface area (Å²) < 4.78 is 15.2. The number of aryl methyl sites for hydroxylation is 1. The zero-order chi connectivity index (χ0) is 9.42. The fourth-order valence-electron chi connectivity index (χ4n) is 1.57. The third kappa shape index (κ3) is 1.23. The molecule has 3 heteroatoms. The second-order valence-electron chi connectivity index (χ2n) is 3.03. The number of aromatic nitrogens is 1. The van der Waals surface area contributed by atoms with Gasteiger partial charge in [0.2, 0.25) is 0 Å². The van der Waals surface area contributed by atoms with E-state index in [1.807, 2.05) is 23.7 Å². The predicted octanol–water partition coefficient (Wildman–Crippen LogP) is 2.75. The molecule has 0 saturated carbocycles. The molecule has 68 valence electrons. The first-order valence-corrected chi connectivity index (χ1v) is 4.71. The van der Waals surface area contributed by atoms with Crippen LogP contribution >= 0.6 is 12.6 Å². The van der Waals surface area contributed by atoms with Gasteiger partial charge in [-0.1, -0.05) is 12.1 Å². The van der Waals surface area contributed by atoms with Crippen molar-refractivity contribution in [2.24, 2.45) is 7.05 Å². The fourth-order valence-corrected chi connectivity index (χ4v) is 1.88. The first-order chi connectivity index (χ1) is 6.24. The van der Waals surface area contributed by atoms with Gasteiger partial charge in [0, 0.05) is 23.9 Å². The van der Waals surface area contributed by atoms with Crippen LogP contribution in [0.5, 0.6) is 0 Å². The van der Waals surface area contributed by atoms with E-state index in [0.717, 1.165) is 11.1 Å². The Morgan fingerprint density at radius 2 is 2.23 bits per heavy atom. The van der Waals surface area contributed by atoms with Gasteiger partial charge < -0.3 is 4.57 Å². The summed E-state index contributed by atoms with van der Waals surface area (Å²) in [6.07, 6.45) is 0. The molecule has 0 unspecified atom stereocenters. The summed E-state index contributed by atoms with van der Waals surface area (Å²) in [5.74, 6) is 0.456. The van der Waals surface area contributed by atoms with Crippen molar-refractivity contribution in [1.82, 2.24) is 4.57 Å². The molecule has 0 N–H and O–H groups in total. The lowest BCUT2D eigenvalue weighted by Crippen LogP contribution is -1.94. The standard InChI is InChI=1S/C10H10FNS/c1-12-8(6-13)5-7-3-2-4-9(11)10(7)12/h2-5,13H,6H2,1H3. The molecule has 0 radical (unpaired) electrons. The highest BCUT2D eigenvalue weighted by molar-refractivity contribution is 7.79. The molecule has 0 aliphatic heterocycles. The van der Waals surface area contributed by atoms with Crippen LogP contribution in [0.25, 0.3) is 10.9 Å². The second kappa shape index (κ2) is 3.07. The van der Waals surface area contributed by atoms with E-state index in [0.29, 0.717) is 11.3 Å². The highest BCUT2D eigenvalue weighted by atomic mass is 32.1. The fraction of sp³-hybridized carbons (Fsp3) is 0.200. The van der Waals surface area contributed by atoms with E-state index in [-0.39, 0.29) is 5.82 Å². The molecule has 1 heterocycles. The van der Waals surface area contributed by atoms with Crippen LogP contribution in [0.1, 0.15) is 5.69 Å². The van der Waals surface area contributed by atoms with Crippen molar-refractivity contribution in [1.29, 1.82) is 0 Å². The lowest BCUT2D eigenvalue weighted by Gasteiger charge is -2.00. The molecule has 0 atom stereocenters. The smallest absolute Gasteiger partial charge is 0.147 e. The van der Waals surface area contributed by atoms with Crippen molar-refractivity contribution in [3.63, 3.8) is 0 Å². The van der Waals surface area contributed by atoms with Gasteiger partial charge >= 0.3 is 0 Å². The van der Waals surface area contributed by atoms with E-state index in [4.69, 9.17) is 0 Å². The summed E-state index contributed by atoms with van der Waals surface area (Å²) in [6, 6.07) is 7.07. The maximum Gasteiger partial charge on any atom is 0.147 e. The van der Waals surface area contributed by atoms with Gasteiger partial charge in [0.15, 0.2) is 0 Å². The zero-order valence-electron chi connectivity index (χ0n) is 7.29. The number of benzene rings is 1. The Kier molecular flexibility index (Phi) is 2.04. The maximum absolute atomic E-state index is 13.4. The molecule has 0 amide bonds. The van der Waals surface area contributed by atoms with E-state index in [1.165, 1.54) is 6.07 Å². The quantitative estimate of drug-likeness (QED) is 0.668. The van der Waals surface area contributed by atoms with Gasteiger partial charge in [-0.25, -0.2) is 4.39 Å². The average molecular weight is 195 g/mol. The van der Waals surface area contributed by atoms with Crippen molar-refractivity contribution in [3.05, 3.63) is 35.8 Å². The van der Waals surface area contributed by atoms with Gasteiger partial charge in [-0.15, -0.1) is 0 Å². The van der Waals surface area contributed by atoms with Crippen molar-refractivity contribution in [2.75, 3.05) is 0 Å². The number of fused-ring (bicyclic) bond motifs is 1. The number of hydrogen-bond acceptors (Lipinski definition) is 1. The number of halogens is 1. The molecular formula is C10H10FNS. The minimum Gasteiger partial charge on any atom is -0.344 e. The first-order valence-electron chi connectivity index (χ1n) is 4.07. The van der Waals surface area contributed by atoms with Crippen LogP contribution in [0, 0.1) is 5.82 Å². The normalized spacial score (nSPS) is 11.0. The molecule has 0 aliphatic rings. The summed E-state index contributed by atoms with van der Waals surface area (Å²) in [5.41, 5.74) is 1.69. The average Bonchev–Trinajstić information content (AvgIpc) is 2.44. The van der Waals surface area contributed by atoms with Gasteiger partial charge in [-0.3, -0.25) is 0 Å². The monoisotopic (exact) mass is 195 g/mol. The molecule has 1 aromatic heterocycles. The Morgan fingerprint density at radius 3 is 2.85 bits per heavy atom. The minimum atomic E-state index is -0.173. The van der Waals surface area contributed by atoms with E-state index < -0.39 is 0 Å². The Hall–Kier alpha value is -0.960. The number of nitrogens with zero attached hydrogens (tertiary/aromatic N) is 1. The SMILES string of the molecule is Cn1c(CS)cc2cccc(F)c21. The van der Waals surface area contributed by atoms with Crippen LogP contribution in [0.2, 0.25) is 0 Å². The molecule has 0 spiro atoms. The number of rotatable bonds is 1. The number of hydrogen-bond donors (Lipinski definition) is 1. The Labute approximate surface area is 81.6 Å². The summed E-state index contributed by atoms with van der Waals surface area (Å²) in [5, 5.41) is 0.937. The van der Waals surface area contributed by atoms with Gasteiger partial charge in [-0.05, 0) is 12.1 Å². The van der Waals surface area contributed by atoms with Crippen LogP contribution in [0.3, 0.4) is 0 Å². The van der Waals surface area contributed by atoms with Crippen LogP contribution in [-0.4, -0.2) is 4.57 Å². The lowest BCUT2D eigenvalue weighted by atomic mass is 10.2. The van der Waals surface area contributed by atoms with E-state index in [2.05, 4.69) is 12.6 Å². The summed E-state index contributed by atoms with van der Waals surface area (Å²) in [6.45, 7) is 0. The van der Waals surface area contributed by atoms with Gasteiger partial charge in [0.1, 0.15) is 5.82 Å². The lowest BCUT2D eigenvalue weighted by molar-refractivity contribution is 0.631. The third-order valence-electron chi connectivity index (χ3n) is 2.27. The molecule has 0 saturated heterocycles. The van der Waals surface area contributed by atoms with E-state index >= 15 is 0 Å². The summed E-state index contributed by atoms with van der Waals surface area (Å²) in [4.78, 5) is 0. The molecule has 0 bridgehead atoms. The highest BCUT2D eigenvalue weighted by Gasteiger charge is 2.07. The predicted molar refractivity (Wildman–Crippen MR) is 55.6 cm³/mol. The van der Waals surface area contributed by atoms with Gasteiger partial charge in [-0.2, -0.15) is 12.6 Å². The minimum absolute atomic E-state index is 0.173. The number of para-hydroxylation sites is 1. The van der Waals surface area contributed by atoms with Crippen molar-refractivity contribution in [3.8, 4) is 0 Å². The molecule has 0 aliphatic carbocycles. The van der Waals surface area contributed by atoms with Gasteiger partial charge in [0.25, 0.3) is 0 Å². The van der Waals surface area contributed by atoms with Crippen molar-refractivity contribution < 1.29 is 4.39 Å². The van der Waals surface area contributed by atoms with E-state index in [1.54, 1.807) is 6.07 Å². The molecule has 2 rings (SSSR count). The maximum atomic E-state index is 13.4. The molecule has 2 aromatic rings. The molecule has 13 heavy (non-hydrogen) atoms. The zero-order valence-corrected chi connectivity index (χ0v) is 8.18. The van der Waals surface area contributed by atoms with E-state index in [9.17, 15) is 4.39 Å². The Balaban J connectivity index is 2.85. The molecule has 1 nitrogen and oxygen atoms in total. The second-order valence-corrected chi connectivity index (χ2v) is 3.35. The highest BCUT2D eigenvalue weighted by Crippen LogP contribution is 2.22. The summed E-state index contributed by atoms with van der Waals surface area (Å²) >= 11 is 4.18. The van der Waals surface area contributed by atoms with Gasteiger partial charge in [0.05, 0.1) is 5.52 Å². The van der Waals surface area contributed by atoms with Crippen LogP contribution < -0.4 is 0 Å². The van der Waals surface area contributed by atoms with Crippen LogP contribution in [-0.2, 0) is 12.8 Å². The number of thiol groups is 1. The topological polar surface area (TPSA) is 4.93 Å². The van der Waals surface area contributed by atoms with Crippen LogP contribution in [0.15, 0.2) is 24.3 Å². The molecule has 1 aromatic carbocycles. The first kappa shape index (κ1) is 8.63. The third-order valence-corrected chi connectivity index (χ3v) is 2.59. The van der Waals surface area contributed by atoms with Crippen molar-refractivity contribution in [2.45, 2.75) is 5.75 Å². The molecular weight excluding hydrogens is 185 g/mol.